The number of aromatic nitrogens is 7. The molecule has 10 nitrogen and oxygen atoms in total. The minimum absolute atomic E-state index is 0.0979. The topological polar surface area (TPSA) is 120 Å². The van der Waals surface area contributed by atoms with Gasteiger partial charge in [-0.1, -0.05) is 17.3 Å². The predicted octanol–water partition coefficient (Wildman–Crippen LogP) is 1.10. The second-order valence-corrected chi connectivity index (χ2v) is 6.19. The maximum Gasteiger partial charge on any atom is 0.277 e. The summed E-state index contributed by atoms with van der Waals surface area (Å²) in [5, 5.41) is 22.3. The molecular weight excluding hydrogens is 360 g/mol. The lowest BCUT2D eigenvalue weighted by Gasteiger charge is -2.09. The van der Waals surface area contributed by atoms with E-state index in [1.54, 1.807) is 35.0 Å². The van der Waals surface area contributed by atoms with Crippen LogP contribution in [0.2, 0.25) is 0 Å². The van der Waals surface area contributed by atoms with E-state index >= 15 is 0 Å². The van der Waals surface area contributed by atoms with Crippen LogP contribution in [0.4, 0.5) is 5.69 Å². The first-order chi connectivity index (χ1) is 13.6. The van der Waals surface area contributed by atoms with Crippen LogP contribution in [0.5, 0.6) is 0 Å². The standard InChI is InChI=1S/C18H16N8O2/c1-12-10-13(6-7-16(12)26-11-19-22-24-26)20-17(27)8-9-25-18(28)14-4-2-3-5-15(14)21-23-25/h2-7,10-11H,8-9H2,1H3,(H,20,27). The number of hydrogen-bond acceptors (Lipinski definition) is 7. The first-order valence-corrected chi connectivity index (χ1v) is 8.58. The molecule has 0 spiro atoms. The first kappa shape index (κ1) is 17.5. The molecule has 0 unspecified atom stereocenters. The molecule has 0 aliphatic heterocycles. The number of fused-ring (bicyclic) bond motifs is 1. The van der Waals surface area contributed by atoms with Crippen LogP contribution in [0.1, 0.15) is 12.0 Å². The van der Waals surface area contributed by atoms with Gasteiger partial charge in [-0.05, 0) is 53.2 Å². The Labute approximate surface area is 158 Å². The molecule has 0 saturated carbocycles. The molecule has 0 saturated heterocycles. The Morgan fingerprint density at radius 2 is 2.00 bits per heavy atom. The van der Waals surface area contributed by atoms with Crippen LogP contribution < -0.4 is 10.9 Å². The smallest absolute Gasteiger partial charge is 0.277 e. The third-order valence-electron chi connectivity index (χ3n) is 4.26. The Morgan fingerprint density at radius 3 is 2.79 bits per heavy atom. The number of rotatable bonds is 5. The van der Waals surface area contributed by atoms with Gasteiger partial charge < -0.3 is 5.32 Å². The minimum atomic E-state index is -0.264. The van der Waals surface area contributed by atoms with Gasteiger partial charge in [0.05, 0.1) is 17.6 Å². The molecule has 140 valence electrons. The highest BCUT2D eigenvalue weighted by Gasteiger charge is 2.09. The fourth-order valence-electron chi connectivity index (χ4n) is 2.86. The van der Waals surface area contributed by atoms with Crippen molar-refractivity contribution in [1.82, 2.24) is 35.2 Å². The van der Waals surface area contributed by atoms with Gasteiger partial charge in [0, 0.05) is 12.1 Å². The van der Waals surface area contributed by atoms with Crippen LogP contribution in [0.15, 0.2) is 53.6 Å². The molecule has 0 fully saturated rings. The Bertz CT molecular complexity index is 1200. The normalized spacial score (nSPS) is 10.9. The lowest BCUT2D eigenvalue weighted by atomic mass is 10.1. The van der Waals surface area contributed by atoms with Crippen LogP contribution >= 0.6 is 0 Å². The highest BCUT2D eigenvalue weighted by molar-refractivity contribution is 5.90. The third-order valence-corrected chi connectivity index (χ3v) is 4.26. The quantitative estimate of drug-likeness (QED) is 0.554. The zero-order valence-electron chi connectivity index (χ0n) is 15.0. The van der Waals surface area contributed by atoms with Gasteiger partial charge in [-0.3, -0.25) is 9.59 Å². The van der Waals surface area contributed by atoms with Gasteiger partial charge >= 0.3 is 0 Å². The van der Waals surface area contributed by atoms with Gasteiger partial charge in [0.25, 0.3) is 5.56 Å². The van der Waals surface area contributed by atoms with E-state index in [4.69, 9.17) is 0 Å². The number of carbonyl (C=O) groups excluding carboxylic acids is 1. The van der Waals surface area contributed by atoms with Gasteiger partial charge in [-0.25, -0.2) is 9.36 Å². The van der Waals surface area contributed by atoms with Gasteiger partial charge in [0.15, 0.2) is 0 Å². The molecule has 0 radical (unpaired) electrons. The molecule has 0 aliphatic carbocycles. The fraction of sp³-hybridized carbons (Fsp3) is 0.167. The second-order valence-electron chi connectivity index (χ2n) is 6.19. The summed E-state index contributed by atoms with van der Waals surface area (Å²) in [5.41, 5.74) is 2.64. The minimum Gasteiger partial charge on any atom is -0.326 e. The van der Waals surface area contributed by atoms with E-state index in [2.05, 4.69) is 31.2 Å². The van der Waals surface area contributed by atoms with Gasteiger partial charge in [0.1, 0.15) is 11.8 Å². The van der Waals surface area contributed by atoms with Crippen LogP contribution in [0.3, 0.4) is 0 Å². The van der Waals surface area contributed by atoms with Gasteiger partial charge in [-0.2, -0.15) is 0 Å². The summed E-state index contributed by atoms with van der Waals surface area (Å²) in [5.74, 6) is -0.226. The van der Waals surface area contributed by atoms with Crippen LogP contribution in [-0.2, 0) is 11.3 Å². The number of nitrogens with one attached hydrogen (secondary N) is 1. The summed E-state index contributed by atoms with van der Waals surface area (Å²) in [7, 11) is 0. The summed E-state index contributed by atoms with van der Waals surface area (Å²) in [6.07, 6.45) is 1.60. The third kappa shape index (κ3) is 3.47. The molecule has 4 aromatic rings. The number of hydrogen-bond donors (Lipinski definition) is 1. The van der Waals surface area contributed by atoms with Crippen LogP contribution in [0.25, 0.3) is 16.6 Å². The highest BCUT2D eigenvalue weighted by atomic mass is 16.2. The lowest BCUT2D eigenvalue weighted by molar-refractivity contribution is -0.116. The van der Waals surface area contributed by atoms with Crippen molar-refractivity contribution in [3.05, 3.63) is 64.7 Å². The van der Waals surface area contributed by atoms with Crippen molar-refractivity contribution in [2.24, 2.45) is 0 Å². The summed E-state index contributed by atoms with van der Waals surface area (Å²) >= 11 is 0. The number of tetrazole rings is 1. The zero-order valence-corrected chi connectivity index (χ0v) is 15.0. The highest BCUT2D eigenvalue weighted by Crippen LogP contribution is 2.18. The van der Waals surface area contributed by atoms with Crippen LogP contribution in [0, 0.1) is 6.92 Å². The first-order valence-electron chi connectivity index (χ1n) is 8.58. The fourth-order valence-corrected chi connectivity index (χ4v) is 2.86. The molecule has 0 atom stereocenters. The Kier molecular flexibility index (Phi) is 4.58. The van der Waals surface area contributed by atoms with Crippen molar-refractivity contribution >= 4 is 22.5 Å². The monoisotopic (exact) mass is 376 g/mol. The van der Waals surface area contributed by atoms with Crippen LogP contribution in [-0.4, -0.2) is 41.1 Å². The molecule has 28 heavy (non-hydrogen) atoms. The average Bonchev–Trinajstić information content (AvgIpc) is 3.22. The van der Waals surface area contributed by atoms with Gasteiger partial charge in [0.2, 0.25) is 5.91 Å². The lowest BCUT2D eigenvalue weighted by Crippen LogP contribution is -2.26. The van der Waals surface area contributed by atoms with E-state index in [0.29, 0.717) is 16.6 Å². The van der Waals surface area contributed by atoms with Crippen molar-refractivity contribution in [3.8, 4) is 5.69 Å². The molecule has 2 heterocycles. The summed E-state index contributed by atoms with van der Waals surface area (Å²) in [4.78, 5) is 24.7. The molecule has 0 aliphatic rings. The Balaban J connectivity index is 1.43. The number of carbonyl (C=O) groups is 1. The largest absolute Gasteiger partial charge is 0.326 e. The summed E-state index contributed by atoms with van der Waals surface area (Å²) in [6, 6.07) is 12.4. The van der Waals surface area contributed by atoms with E-state index in [-0.39, 0.29) is 24.4 Å². The Hall–Kier alpha value is -3.95. The number of anilines is 1. The molecule has 0 bridgehead atoms. The average molecular weight is 376 g/mol. The number of amides is 1. The predicted molar refractivity (Wildman–Crippen MR) is 101 cm³/mol. The van der Waals surface area contributed by atoms with Crippen molar-refractivity contribution in [2.45, 2.75) is 19.9 Å². The second kappa shape index (κ2) is 7.35. The molecule has 1 N–H and O–H groups in total. The molecule has 1 amide bonds. The Morgan fingerprint density at radius 1 is 1.14 bits per heavy atom. The number of nitrogens with zero attached hydrogens (tertiary/aromatic N) is 7. The molecule has 2 aromatic carbocycles. The zero-order chi connectivity index (χ0) is 19.5. The van der Waals surface area contributed by atoms with Crippen molar-refractivity contribution in [3.63, 3.8) is 0 Å². The van der Waals surface area contributed by atoms with Crippen molar-refractivity contribution < 1.29 is 4.79 Å². The van der Waals surface area contributed by atoms with Gasteiger partial charge in [-0.15, -0.1) is 10.2 Å². The van der Waals surface area contributed by atoms with E-state index in [1.165, 1.54) is 11.0 Å². The van der Waals surface area contributed by atoms with Crippen molar-refractivity contribution in [2.75, 3.05) is 5.32 Å². The molecule has 10 heteroatoms. The molecule has 2 aromatic heterocycles. The molecular formula is C18H16N8O2. The number of benzene rings is 2. The van der Waals surface area contributed by atoms with E-state index in [9.17, 15) is 9.59 Å². The maximum absolute atomic E-state index is 12.4. The maximum atomic E-state index is 12.4. The molecule has 4 rings (SSSR count). The summed E-state index contributed by atoms with van der Waals surface area (Å²) < 4.78 is 2.75. The van der Waals surface area contributed by atoms with E-state index in [0.717, 1.165) is 11.3 Å². The number of aryl methyl sites for hydroxylation is 2. The summed E-state index contributed by atoms with van der Waals surface area (Å²) in [6.45, 7) is 2.04. The van der Waals surface area contributed by atoms with E-state index in [1.807, 2.05) is 19.1 Å². The van der Waals surface area contributed by atoms with E-state index < -0.39 is 0 Å². The SMILES string of the molecule is Cc1cc(NC(=O)CCn2nnc3ccccc3c2=O)ccc1-n1cnnn1. The van der Waals surface area contributed by atoms with Crippen molar-refractivity contribution in [1.29, 1.82) is 0 Å².